The Kier molecular flexibility index (Phi) is 3.05. The molecule has 0 aliphatic carbocycles. The van der Waals surface area contributed by atoms with Gasteiger partial charge in [0.05, 0.1) is 12.6 Å². The number of nitrogens with zero attached hydrogens (tertiary/aromatic N) is 2. The quantitative estimate of drug-likeness (QED) is 0.789. The van der Waals surface area contributed by atoms with E-state index in [0.717, 1.165) is 25.1 Å². The smallest absolute Gasteiger partial charge is 0.354 e. The zero-order valence-electron chi connectivity index (χ0n) is 8.83. The predicted octanol–water partition coefficient (Wildman–Crippen LogP) is 0.741. The number of aliphatic hydroxyl groups excluding tert-OH is 1. The Bertz CT molecular complexity index is 395. The lowest BCUT2D eigenvalue weighted by molar-refractivity contribution is 0.0690. The molecule has 1 saturated heterocycles. The molecular weight excluding hydrogens is 208 g/mol. The second-order valence-corrected chi connectivity index (χ2v) is 3.88. The van der Waals surface area contributed by atoms with Crippen LogP contribution in [-0.2, 0) is 0 Å². The van der Waals surface area contributed by atoms with Gasteiger partial charge >= 0.3 is 5.97 Å². The van der Waals surface area contributed by atoms with E-state index in [2.05, 4.69) is 4.98 Å². The number of aliphatic hydroxyl groups is 1. The molecule has 0 radical (unpaired) electrons. The summed E-state index contributed by atoms with van der Waals surface area (Å²) in [5, 5.41) is 18.0. The van der Waals surface area contributed by atoms with Gasteiger partial charge in [0, 0.05) is 18.4 Å². The second kappa shape index (κ2) is 4.49. The average Bonchev–Trinajstić information content (AvgIpc) is 2.77. The lowest BCUT2D eigenvalue weighted by atomic mass is 10.2. The van der Waals surface area contributed by atoms with Crippen LogP contribution < -0.4 is 4.90 Å². The van der Waals surface area contributed by atoms with Crippen LogP contribution >= 0.6 is 0 Å². The van der Waals surface area contributed by atoms with E-state index in [9.17, 15) is 9.90 Å². The highest BCUT2D eigenvalue weighted by molar-refractivity contribution is 5.86. The molecule has 0 spiro atoms. The first-order valence-electron chi connectivity index (χ1n) is 5.29. The zero-order chi connectivity index (χ0) is 11.5. The molecule has 1 fully saturated rings. The number of hydrogen-bond acceptors (Lipinski definition) is 4. The zero-order valence-corrected chi connectivity index (χ0v) is 8.83. The van der Waals surface area contributed by atoms with Gasteiger partial charge in [-0.05, 0) is 25.0 Å². The van der Waals surface area contributed by atoms with E-state index >= 15 is 0 Å². The molecule has 16 heavy (non-hydrogen) atoms. The highest BCUT2D eigenvalue weighted by atomic mass is 16.4. The number of rotatable bonds is 3. The summed E-state index contributed by atoms with van der Waals surface area (Å²) in [6, 6.07) is 3.43. The van der Waals surface area contributed by atoms with E-state index in [0.29, 0.717) is 0 Å². The van der Waals surface area contributed by atoms with E-state index in [4.69, 9.17) is 5.11 Å². The Balaban J connectivity index is 2.26. The largest absolute Gasteiger partial charge is 0.477 e. The van der Waals surface area contributed by atoms with Crippen molar-refractivity contribution < 1.29 is 15.0 Å². The minimum absolute atomic E-state index is 0.0427. The first kappa shape index (κ1) is 10.9. The van der Waals surface area contributed by atoms with Gasteiger partial charge in [0.2, 0.25) is 0 Å². The number of aromatic carboxylic acids is 1. The summed E-state index contributed by atoms with van der Waals surface area (Å²) in [5.41, 5.74) is 0.866. The number of anilines is 1. The highest BCUT2D eigenvalue weighted by Crippen LogP contribution is 2.25. The summed E-state index contributed by atoms with van der Waals surface area (Å²) in [4.78, 5) is 16.6. The minimum atomic E-state index is -1.03. The van der Waals surface area contributed by atoms with Gasteiger partial charge < -0.3 is 15.1 Å². The van der Waals surface area contributed by atoms with Crippen molar-refractivity contribution in [2.75, 3.05) is 18.1 Å². The van der Waals surface area contributed by atoms with Gasteiger partial charge in [0.25, 0.3) is 0 Å². The van der Waals surface area contributed by atoms with Gasteiger partial charge in [-0.25, -0.2) is 9.78 Å². The van der Waals surface area contributed by atoms with Crippen molar-refractivity contribution in [3.63, 3.8) is 0 Å². The Morgan fingerprint density at radius 1 is 1.62 bits per heavy atom. The summed E-state index contributed by atoms with van der Waals surface area (Å²) < 4.78 is 0. The molecule has 5 heteroatoms. The molecule has 1 atom stereocenters. The Labute approximate surface area is 93.3 Å². The van der Waals surface area contributed by atoms with Crippen LogP contribution in [0.2, 0.25) is 0 Å². The topological polar surface area (TPSA) is 73.7 Å². The average molecular weight is 222 g/mol. The van der Waals surface area contributed by atoms with E-state index in [1.54, 1.807) is 12.1 Å². The Morgan fingerprint density at radius 3 is 3.12 bits per heavy atom. The molecule has 0 aromatic carbocycles. The van der Waals surface area contributed by atoms with Crippen LogP contribution in [0.25, 0.3) is 0 Å². The predicted molar refractivity (Wildman–Crippen MR) is 58.7 cm³/mol. The molecule has 1 aromatic rings. The lowest BCUT2D eigenvalue weighted by Gasteiger charge is -2.25. The SMILES string of the molecule is O=C(O)c1cc(N2CCCC2CO)ccn1. The highest BCUT2D eigenvalue weighted by Gasteiger charge is 2.24. The fraction of sp³-hybridized carbons (Fsp3) is 0.455. The van der Waals surface area contributed by atoms with Crippen LogP contribution in [0.1, 0.15) is 23.3 Å². The van der Waals surface area contributed by atoms with Gasteiger partial charge in [-0.3, -0.25) is 0 Å². The van der Waals surface area contributed by atoms with Gasteiger partial charge in [-0.2, -0.15) is 0 Å². The van der Waals surface area contributed by atoms with Crippen molar-refractivity contribution in [2.45, 2.75) is 18.9 Å². The Hall–Kier alpha value is -1.62. The van der Waals surface area contributed by atoms with Gasteiger partial charge in [-0.1, -0.05) is 0 Å². The fourth-order valence-corrected chi connectivity index (χ4v) is 2.08. The minimum Gasteiger partial charge on any atom is -0.477 e. The Morgan fingerprint density at radius 2 is 2.44 bits per heavy atom. The van der Waals surface area contributed by atoms with E-state index < -0.39 is 5.97 Å². The molecule has 2 heterocycles. The third kappa shape index (κ3) is 1.99. The fourth-order valence-electron chi connectivity index (χ4n) is 2.08. The van der Waals surface area contributed by atoms with Gasteiger partial charge in [0.15, 0.2) is 0 Å². The third-order valence-electron chi connectivity index (χ3n) is 2.88. The molecule has 0 amide bonds. The van der Waals surface area contributed by atoms with Crippen LogP contribution in [0.5, 0.6) is 0 Å². The molecule has 1 aliphatic heterocycles. The molecule has 5 nitrogen and oxygen atoms in total. The number of hydrogen-bond donors (Lipinski definition) is 2. The number of carboxylic acids is 1. The number of pyridine rings is 1. The van der Waals surface area contributed by atoms with Crippen molar-refractivity contribution in [3.05, 3.63) is 24.0 Å². The van der Waals surface area contributed by atoms with Crippen molar-refractivity contribution in [1.82, 2.24) is 4.98 Å². The number of carbonyl (C=O) groups is 1. The number of aromatic nitrogens is 1. The van der Waals surface area contributed by atoms with E-state index in [1.165, 1.54) is 6.20 Å². The summed E-state index contributed by atoms with van der Waals surface area (Å²) in [7, 11) is 0. The van der Waals surface area contributed by atoms with Crippen LogP contribution in [0.3, 0.4) is 0 Å². The van der Waals surface area contributed by atoms with Crippen LogP contribution in [-0.4, -0.2) is 40.4 Å². The maximum atomic E-state index is 10.8. The maximum Gasteiger partial charge on any atom is 0.354 e. The molecule has 2 rings (SSSR count). The van der Waals surface area contributed by atoms with Gasteiger partial charge in [0.1, 0.15) is 5.69 Å². The first-order chi connectivity index (χ1) is 7.72. The van der Waals surface area contributed by atoms with Crippen LogP contribution in [0.15, 0.2) is 18.3 Å². The number of carboxylic acid groups (broad SMARTS) is 1. The summed E-state index contributed by atoms with van der Waals surface area (Å²) in [5.74, 6) is -1.03. The normalized spacial score (nSPS) is 20.1. The molecule has 1 aromatic heterocycles. The molecule has 0 saturated carbocycles. The van der Waals surface area contributed by atoms with E-state index in [1.807, 2.05) is 4.90 Å². The standard InChI is InChI=1S/C11H14N2O3/c14-7-9-2-1-5-13(9)8-3-4-12-10(6-8)11(15)16/h3-4,6,9,14H,1-2,5,7H2,(H,15,16). The van der Waals surface area contributed by atoms with Crippen molar-refractivity contribution in [1.29, 1.82) is 0 Å². The molecule has 1 unspecified atom stereocenters. The monoisotopic (exact) mass is 222 g/mol. The molecule has 1 aliphatic rings. The first-order valence-corrected chi connectivity index (χ1v) is 5.29. The van der Waals surface area contributed by atoms with E-state index in [-0.39, 0.29) is 18.3 Å². The molecular formula is C11H14N2O3. The van der Waals surface area contributed by atoms with Crippen molar-refractivity contribution >= 4 is 11.7 Å². The molecule has 86 valence electrons. The van der Waals surface area contributed by atoms with Crippen LogP contribution in [0, 0.1) is 0 Å². The molecule has 2 N–H and O–H groups in total. The third-order valence-corrected chi connectivity index (χ3v) is 2.88. The van der Waals surface area contributed by atoms with Crippen molar-refractivity contribution in [3.8, 4) is 0 Å². The summed E-state index contributed by atoms with van der Waals surface area (Å²) in [6.45, 7) is 0.957. The summed E-state index contributed by atoms with van der Waals surface area (Å²) in [6.07, 6.45) is 3.46. The molecule has 0 bridgehead atoms. The van der Waals surface area contributed by atoms with Crippen molar-refractivity contribution in [2.24, 2.45) is 0 Å². The second-order valence-electron chi connectivity index (χ2n) is 3.88. The maximum absolute atomic E-state index is 10.8. The van der Waals surface area contributed by atoms with Crippen LogP contribution in [0.4, 0.5) is 5.69 Å². The van der Waals surface area contributed by atoms with Gasteiger partial charge in [-0.15, -0.1) is 0 Å². The lowest BCUT2D eigenvalue weighted by Crippen LogP contribution is -2.32. The summed E-state index contributed by atoms with van der Waals surface area (Å²) >= 11 is 0.